The van der Waals surface area contributed by atoms with Gasteiger partial charge in [-0.15, -0.1) is 0 Å². The zero-order valence-electron chi connectivity index (χ0n) is 15.9. The molecule has 2 atom stereocenters. The average molecular weight is 353 g/mol. The highest BCUT2D eigenvalue weighted by Crippen LogP contribution is 2.42. The molecule has 2 aliphatic rings. The van der Waals surface area contributed by atoms with Crippen LogP contribution in [0.1, 0.15) is 90.4 Å². The van der Waals surface area contributed by atoms with E-state index in [0.717, 1.165) is 70.6 Å². The number of carboxylic acids is 1. The second-order valence-electron chi connectivity index (χ2n) is 8.06. The maximum Gasteiger partial charge on any atom is 0.310 e. The zero-order chi connectivity index (χ0) is 18.1. The van der Waals surface area contributed by atoms with Crippen molar-refractivity contribution in [2.24, 2.45) is 23.7 Å². The van der Waals surface area contributed by atoms with E-state index in [9.17, 15) is 14.7 Å². The summed E-state index contributed by atoms with van der Waals surface area (Å²) in [6, 6.07) is 0. The van der Waals surface area contributed by atoms with Gasteiger partial charge in [0.15, 0.2) is 0 Å². The molecule has 0 aromatic heterocycles. The van der Waals surface area contributed by atoms with Crippen molar-refractivity contribution in [1.29, 1.82) is 0 Å². The summed E-state index contributed by atoms with van der Waals surface area (Å²) in [6.07, 6.45) is 13.7. The highest BCUT2D eigenvalue weighted by Gasteiger charge is 2.44. The Hall–Kier alpha value is -1.06. The van der Waals surface area contributed by atoms with Crippen LogP contribution in [0.2, 0.25) is 0 Å². The van der Waals surface area contributed by atoms with Gasteiger partial charge in [-0.25, -0.2) is 0 Å². The van der Waals surface area contributed by atoms with Gasteiger partial charge in [0.1, 0.15) is 0 Å². The average Bonchev–Trinajstić information content (AvgIpc) is 2.64. The second-order valence-corrected chi connectivity index (χ2v) is 8.06. The molecule has 0 aromatic rings. The zero-order valence-corrected chi connectivity index (χ0v) is 15.9. The van der Waals surface area contributed by atoms with Crippen LogP contribution in [0.5, 0.6) is 0 Å². The summed E-state index contributed by atoms with van der Waals surface area (Å²) >= 11 is 0. The molecule has 0 aliphatic heterocycles. The van der Waals surface area contributed by atoms with E-state index in [1.807, 2.05) is 0 Å². The Kier molecular flexibility index (Phi) is 8.77. The highest BCUT2D eigenvalue weighted by molar-refractivity contribution is 5.81. The number of rotatable bonds is 9. The van der Waals surface area contributed by atoms with E-state index in [1.165, 1.54) is 12.8 Å². The number of ether oxygens (including phenoxy) is 1. The minimum absolute atomic E-state index is 0.140. The van der Waals surface area contributed by atoms with E-state index < -0.39 is 17.8 Å². The van der Waals surface area contributed by atoms with Crippen LogP contribution in [0.15, 0.2) is 0 Å². The molecule has 0 aromatic carbocycles. The maximum atomic E-state index is 12.9. The molecule has 0 spiro atoms. The van der Waals surface area contributed by atoms with Crippen molar-refractivity contribution in [3.05, 3.63) is 0 Å². The normalized spacial score (nSPS) is 22.3. The number of esters is 1. The highest BCUT2D eigenvalue weighted by atomic mass is 16.5. The standard InChI is InChI=1S/C21H36O4/c1-2-3-10-15-25-21(24)19(17-13-8-5-9-14-17)18(20(22)23)16-11-6-4-7-12-16/h16-19H,2-15H2,1H3,(H,22,23). The first-order valence-electron chi connectivity index (χ1n) is 10.5. The Morgan fingerprint density at radius 2 is 1.40 bits per heavy atom. The molecule has 0 radical (unpaired) electrons. The van der Waals surface area contributed by atoms with E-state index >= 15 is 0 Å². The number of aliphatic carboxylic acids is 1. The number of carboxylic acid groups (broad SMARTS) is 1. The van der Waals surface area contributed by atoms with Crippen molar-refractivity contribution < 1.29 is 19.4 Å². The lowest BCUT2D eigenvalue weighted by atomic mass is 9.67. The Balaban J connectivity index is 2.11. The first-order chi connectivity index (χ1) is 12.1. The van der Waals surface area contributed by atoms with Crippen molar-refractivity contribution in [2.75, 3.05) is 6.61 Å². The van der Waals surface area contributed by atoms with Crippen LogP contribution in [0, 0.1) is 23.7 Å². The van der Waals surface area contributed by atoms with Crippen LogP contribution < -0.4 is 0 Å². The van der Waals surface area contributed by atoms with Crippen molar-refractivity contribution in [3.63, 3.8) is 0 Å². The Labute approximate surface area is 152 Å². The van der Waals surface area contributed by atoms with Gasteiger partial charge in [0, 0.05) is 0 Å². The molecule has 2 rings (SSSR count). The van der Waals surface area contributed by atoms with Gasteiger partial charge in [-0.3, -0.25) is 9.59 Å². The van der Waals surface area contributed by atoms with Crippen molar-refractivity contribution >= 4 is 11.9 Å². The molecule has 1 N–H and O–H groups in total. The molecule has 0 amide bonds. The first kappa shape index (κ1) is 20.3. The summed E-state index contributed by atoms with van der Waals surface area (Å²) in [5.41, 5.74) is 0. The van der Waals surface area contributed by atoms with Gasteiger partial charge in [-0.2, -0.15) is 0 Å². The molecule has 0 heterocycles. The second kappa shape index (κ2) is 10.8. The van der Waals surface area contributed by atoms with Gasteiger partial charge < -0.3 is 9.84 Å². The minimum atomic E-state index is -0.784. The van der Waals surface area contributed by atoms with Gasteiger partial charge in [0.05, 0.1) is 18.4 Å². The number of hydrogen-bond donors (Lipinski definition) is 1. The molecule has 2 fully saturated rings. The lowest BCUT2D eigenvalue weighted by Crippen LogP contribution is -2.42. The van der Waals surface area contributed by atoms with Crippen LogP contribution >= 0.6 is 0 Å². The van der Waals surface area contributed by atoms with Crippen LogP contribution in [0.25, 0.3) is 0 Å². The minimum Gasteiger partial charge on any atom is -0.481 e. The number of hydrogen-bond acceptors (Lipinski definition) is 3. The molecule has 4 nitrogen and oxygen atoms in total. The van der Waals surface area contributed by atoms with Crippen LogP contribution in [0.3, 0.4) is 0 Å². The molecule has 2 saturated carbocycles. The third kappa shape index (κ3) is 6.00. The van der Waals surface area contributed by atoms with Gasteiger partial charge in [-0.1, -0.05) is 58.3 Å². The largest absolute Gasteiger partial charge is 0.481 e. The fourth-order valence-electron chi connectivity index (χ4n) is 4.89. The monoisotopic (exact) mass is 352 g/mol. The molecule has 0 bridgehead atoms. The fraction of sp³-hybridized carbons (Fsp3) is 0.905. The third-order valence-corrected chi connectivity index (χ3v) is 6.25. The summed E-state index contributed by atoms with van der Waals surface area (Å²) in [6.45, 7) is 2.56. The first-order valence-corrected chi connectivity index (χ1v) is 10.5. The molecule has 2 aliphatic carbocycles. The summed E-state index contributed by atoms with van der Waals surface area (Å²) in [5, 5.41) is 9.98. The van der Waals surface area contributed by atoms with E-state index in [1.54, 1.807) is 0 Å². The number of carbonyl (C=O) groups excluding carboxylic acids is 1. The van der Waals surface area contributed by atoms with Crippen LogP contribution in [-0.2, 0) is 14.3 Å². The lowest BCUT2D eigenvalue weighted by Gasteiger charge is -2.37. The Bertz CT molecular complexity index is 408. The molecule has 2 unspecified atom stereocenters. The van der Waals surface area contributed by atoms with Crippen LogP contribution in [-0.4, -0.2) is 23.7 Å². The van der Waals surface area contributed by atoms with Crippen LogP contribution in [0.4, 0.5) is 0 Å². The number of unbranched alkanes of at least 4 members (excludes halogenated alkanes) is 2. The van der Waals surface area contributed by atoms with Gasteiger partial charge in [0.25, 0.3) is 0 Å². The topological polar surface area (TPSA) is 63.6 Å². The molecule has 4 heteroatoms. The summed E-state index contributed by atoms with van der Waals surface area (Å²) in [5.74, 6) is -1.68. The SMILES string of the molecule is CCCCCOC(=O)C(C1CCCCC1)C(C(=O)O)C1CCCCC1. The smallest absolute Gasteiger partial charge is 0.310 e. The molecular weight excluding hydrogens is 316 g/mol. The number of carbonyl (C=O) groups is 2. The predicted molar refractivity (Wildman–Crippen MR) is 98.2 cm³/mol. The van der Waals surface area contributed by atoms with E-state index in [2.05, 4.69) is 6.92 Å². The van der Waals surface area contributed by atoms with Gasteiger partial charge in [-0.05, 0) is 43.9 Å². The quantitative estimate of drug-likeness (QED) is 0.458. The van der Waals surface area contributed by atoms with Crippen molar-refractivity contribution in [1.82, 2.24) is 0 Å². The van der Waals surface area contributed by atoms with Gasteiger partial charge in [0.2, 0.25) is 0 Å². The Morgan fingerprint density at radius 3 is 1.88 bits per heavy atom. The summed E-state index contributed by atoms with van der Waals surface area (Å²) < 4.78 is 5.58. The fourth-order valence-corrected chi connectivity index (χ4v) is 4.89. The molecular formula is C21H36O4. The van der Waals surface area contributed by atoms with E-state index in [0.29, 0.717) is 6.61 Å². The summed E-state index contributed by atoms with van der Waals surface area (Å²) in [7, 11) is 0. The molecule has 0 saturated heterocycles. The van der Waals surface area contributed by atoms with Crippen molar-refractivity contribution in [2.45, 2.75) is 90.4 Å². The molecule has 25 heavy (non-hydrogen) atoms. The van der Waals surface area contributed by atoms with E-state index in [4.69, 9.17) is 4.74 Å². The predicted octanol–water partition coefficient (Wildman–Crippen LogP) is 5.20. The Morgan fingerprint density at radius 1 is 0.880 bits per heavy atom. The summed E-state index contributed by atoms with van der Waals surface area (Å²) in [4.78, 5) is 25.1. The van der Waals surface area contributed by atoms with Gasteiger partial charge >= 0.3 is 11.9 Å². The maximum absolute atomic E-state index is 12.9. The van der Waals surface area contributed by atoms with E-state index in [-0.39, 0.29) is 17.8 Å². The van der Waals surface area contributed by atoms with Crippen molar-refractivity contribution in [3.8, 4) is 0 Å². The molecule has 144 valence electrons. The lowest BCUT2D eigenvalue weighted by molar-refractivity contribution is -0.164. The third-order valence-electron chi connectivity index (χ3n) is 6.25.